The Balaban J connectivity index is 1.62. The summed E-state index contributed by atoms with van der Waals surface area (Å²) < 4.78 is 16.0. The van der Waals surface area contributed by atoms with Gasteiger partial charge in [-0.3, -0.25) is 14.5 Å². The van der Waals surface area contributed by atoms with Gasteiger partial charge in [0.25, 0.3) is 5.91 Å². The number of para-hydroxylation sites is 1. The van der Waals surface area contributed by atoms with Crippen LogP contribution in [0.3, 0.4) is 0 Å². The molecule has 3 aromatic rings. The first-order valence-electron chi connectivity index (χ1n) is 11.0. The Morgan fingerprint density at radius 2 is 1.84 bits per heavy atom. The summed E-state index contributed by atoms with van der Waals surface area (Å²) in [4.78, 5) is 28.8. The van der Waals surface area contributed by atoms with Crippen molar-refractivity contribution in [3.8, 4) is 0 Å². The van der Waals surface area contributed by atoms with Gasteiger partial charge in [-0.1, -0.05) is 43.5 Å². The SMILES string of the molecule is C[C@@]1(C(=O)NC2CCCCC2)Cn2c(cc3ccccc32)C(=O)N1c1cccc(F)c1. The zero-order valence-corrected chi connectivity index (χ0v) is 17.6. The van der Waals surface area contributed by atoms with E-state index in [4.69, 9.17) is 0 Å². The highest BCUT2D eigenvalue weighted by Gasteiger charge is 2.49. The van der Waals surface area contributed by atoms with Gasteiger partial charge in [0.1, 0.15) is 17.1 Å². The van der Waals surface area contributed by atoms with Crippen molar-refractivity contribution in [3.63, 3.8) is 0 Å². The molecular formula is C25H26FN3O2. The first-order chi connectivity index (χ1) is 15.0. The summed E-state index contributed by atoms with van der Waals surface area (Å²) in [5, 5.41) is 4.14. The lowest BCUT2D eigenvalue weighted by molar-refractivity contribution is -0.127. The molecule has 1 aliphatic carbocycles. The molecule has 1 saturated carbocycles. The van der Waals surface area contributed by atoms with Crippen LogP contribution in [0, 0.1) is 5.82 Å². The summed E-state index contributed by atoms with van der Waals surface area (Å²) in [6.45, 7) is 2.09. The number of hydrogen-bond donors (Lipinski definition) is 1. The molecule has 1 fully saturated rings. The second-order valence-electron chi connectivity index (χ2n) is 8.88. The third-order valence-electron chi connectivity index (χ3n) is 6.69. The van der Waals surface area contributed by atoms with Gasteiger partial charge >= 0.3 is 0 Å². The number of nitrogens with zero attached hydrogens (tertiary/aromatic N) is 2. The van der Waals surface area contributed by atoms with Gasteiger partial charge in [-0.2, -0.15) is 0 Å². The number of fused-ring (bicyclic) bond motifs is 3. The van der Waals surface area contributed by atoms with Gasteiger partial charge in [0, 0.05) is 22.6 Å². The number of halogens is 1. The Labute approximate surface area is 180 Å². The first kappa shape index (κ1) is 19.8. The number of benzene rings is 2. The number of carbonyl (C=O) groups excluding carboxylic acids is 2. The first-order valence-corrected chi connectivity index (χ1v) is 11.0. The van der Waals surface area contributed by atoms with Crippen molar-refractivity contribution in [2.24, 2.45) is 0 Å². The third kappa shape index (κ3) is 3.30. The molecule has 31 heavy (non-hydrogen) atoms. The average Bonchev–Trinajstić information content (AvgIpc) is 3.13. The van der Waals surface area contributed by atoms with Crippen molar-refractivity contribution in [1.29, 1.82) is 0 Å². The Morgan fingerprint density at radius 3 is 2.61 bits per heavy atom. The van der Waals surface area contributed by atoms with Crippen molar-refractivity contribution in [2.75, 3.05) is 4.90 Å². The largest absolute Gasteiger partial charge is 0.351 e. The van der Waals surface area contributed by atoms with Crippen molar-refractivity contribution >= 4 is 28.4 Å². The molecule has 2 amide bonds. The van der Waals surface area contributed by atoms with Crippen LogP contribution in [0.25, 0.3) is 10.9 Å². The van der Waals surface area contributed by atoms with E-state index in [1.807, 2.05) is 34.9 Å². The number of amides is 2. The van der Waals surface area contributed by atoms with Gasteiger partial charge in [0.05, 0.1) is 6.54 Å². The molecule has 5 nitrogen and oxygen atoms in total. The molecule has 2 heterocycles. The molecule has 1 aliphatic heterocycles. The van der Waals surface area contributed by atoms with Crippen LogP contribution in [-0.2, 0) is 11.3 Å². The molecule has 0 bridgehead atoms. The standard InChI is InChI=1S/C25H26FN3O2/c1-25(24(31)27-19-10-3-2-4-11-19)16-28-21-13-6-5-8-17(21)14-22(28)23(30)29(25)20-12-7-9-18(26)15-20/h5-9,12-15,19H,2-4,10-11,16H2,1H3,(H,27,31)/t25-/m0/s1. The summed E-state index contributed by atoms with van der Waals surface area (Å²) in [5.74, 6) is -0.929. The number of carbonyl (C=O) groups is 2. The maximum absolute atomic E-state index is 14.1. The molecule has 2 aliphatic rings. The van der Waals surface area contributed by atoms with Gasteiger partial charge in [0.2, 0.25) is 5.91 Å². The molecule has 5 rings (SSSR count). The smallest absolute Gasteiger partial charge is 0.275 e. The Kier molecular flexibility index (Phi) is 4.80. The van der Waals surface area contributed by atoms with Crippen molar-refractivity contribution in [3.05, 3.63) is 66.1 Å². The number of nitrogens with one attached hydrogen (secondary N) is 1. The molecular weight excluding hydrogens is 393 g/mol. The predicted molar refractivity (Wildman–Crippen MR) is 119 cm³/mol. The van der Waals surface area contributed by atoms with E-state index in [1.165, 1.54) is 23.5 Å². The normalized spacial score (nSPS) is 21.9. The van der Waals surface area contributed by atoms with Crippen molar-refractivity contribution in [1.82, 2.24) is 9.88 Å². The fourth-order valence-electron chi connectivity index (χ4n) is 5.05. The van der Waals surface area contributed by atoms with Crippen LogP contribution in [0.4, 0.5) is 10.1 Å². The molecule has 6 heteroatoms. The third-order valence-corrected chi connectivity index (χ3v) is 6.69. The van der Waals surface area contributed by atoms with E-state index in [0.29, 0.717) is 17.9 Å². The quantitative estimate of drug-likeness (QED) is 0.672. The molecule has 1 aromatic heterocycles. The molecule has 0 unspecified atom stereocenters. The van der Waals surface area contributed by atoms with Gasteiger partial charge in [-0.25, -0.2) is 4.39 Å². The van der Waals surface area contributed by atoms with E-state index < -0.39 is 11.4 Å². The van der Waals surface area contributed by atoms with Gasteiger partial charge < -0.3 is 9.88 Å². The highest BCUT2D eigenvalue weighted by Crippen LogP contribution is 2.36. The minimum atomic E-state index is -1.18. The highest BCUT2D eigenvalue weighted by atomic mass is 19.1. The van der Waals surface area contributed by atoms with Gasteiger partial charge in [-0.05, 0) is 50.1 Å². The van der Waals surface area contributed by atoms with Crippen molar-refractivity contribution < 1.29 is 14.0 Å². The summed E-state index contributed by atoms with van der Waals surface area (Å²) in [5.41, 5.74) is 0.634. The lowest BCUT2D eigenvalue weighted by Crippen LogP contribution is -2.65. The number of hydrogen-bond acceptors (Lipinski definition) is 2. The molecule has 1 N–H and O–H groups in total. The summed E-state index contributed by atoms with van der Waals surface area (Å²) in [6, 6.07) is 15.7. The highest BCUT2D eigenvalue weighted by molar-refractivity contribution is 6.14. The maximum atomic E-state index is 14.1. The number of anilines is 1. The predicted octanol–water partition coefficient (Wildman–Crippen LogP) is 4.65. The Morgan fingerprint density at radius 1 is 1.06 bits per heavy atom. The molecule has 160 valence electrons. The second kappa shape index (κ2) is 7.52. The lowest BCUT2D eigenvalue weighted by Gasteiger charge is -2.44. The summed E-state index contributed by atoms with van der Waals surface area (Å²) in [6.07, 6.45) is 5.29. The van der Waals surface area contributed by atoms with E-state index in [1.54, 1.807) is 19.1 Å². The van der Waals surface area contributed by atoms with Crippen LogP contribution in [-0.4, -0.2) is 28.0 Å². The lowest BCUT2D eigenvalue weighted by atomic mass is 9.91. The van der Waals surface area contributed by atoms with Crippen LogP contribution < -0.4 is 10.2 Å². The fraction of sp³-hybridized carbons (Fsp3) is 0.360. The van der Waals surface area contributed by atoms with E-state index >= 15 is 0 Å². The number of rotatable bonds is 3. The number of aromatic nitrogens is 1. The molecule has 0 saturated heterocycles. The van der Waals surface area contributed by atoms with Crippen LogP contribution in [0.2, 0.25) is 0 Å². The summed E-state index contributed by atoms with van der Waals surface area (Å²) >= 11 is 0. The van der Waals surface area contributed by atoms with Gasteiger partial charge in [-0.15, -0.1) is 0 Å². The van der Waals surface area contributed by atoms with Crippen LogP contribution in [0.5, 0.6) is 0 Å². The molecule has 2 aromatic carbocycles. The van der Waals surface area contributed by atoms with Crippen LogP contribution >= 0.6 is 0 Å². The van der Waals surface area contributed by atoms with Crippen molar-refractivity contribution in [2.45, 2.75) is 57.2 Å². The Hall–Kier alpha value is -3.15. The molecule has 1 atom stereocenters. The monoisotopic (exact) mass is 419 g/mol. The van der Waals surface area contributed by atoms with Crippen LogP contribution in [0.15, 0.2) is 54.6 Å². The Bertz CT molecular complexity index is 1160. The zero-order chi connectivity index (χ0) is 21.6. The molecule has 0 radical (unpaired) electrons. The van der Waals surface area contributed by atoms with Crippen LogP contribution in [0.1, 0.15) is 49.5 Å². The van der Waals surface area contributed by atoms with E-state index in [0.717, 1.165) is 36.6 Å². The zero-order valence-electron chi connectivity index (χ0n) is 17.6. The fourth-order valence-corrected chi connectivity index (χ4v) is 5.05. The van der Waals surface area contributed by atoms with E-state index in [9.17, 15) is 14.0 Å². The van der Waals surface area contributed by atoms with E-state index in [-0.39, 0.29) is 17.9 Å². The topological polar surface area (TPSA) is 54.3 Å². The average molecular weight is 420 g/mol. The van der Waals surface area contributed by atoms with Gasteiger partial charge in [0.15, 0.2) is 0 Å². The minimum Gasteiger partial charge on any atom is -0.351 e. The second-order valence-corrected chi connectivity index (χ2v) is 8.88. The summed E-state index contributed by atoms with van der Waals surface area (Å²) in [7, 11) is 0. The maximum Gasteiger partial charge on any atom is 0.275 e. The minimum absolute atomic E-state index is 0.116. The van der Waals surface area contributed by atoms with E-state index in [2.05, 4.69) is 5.32 Å². The molecule has 0 spiro atoms.